The smallest absolute Gasteiger partial charge is 0.227 e. The van der Waals surface area contributed by atoms with Gasteiger partial charge in [0.15, 0.2) is 5.58 Å². The van der Waals surface area contributed by atoms with Gasteiger partial charge in [-0.1, -0.05) is 38.8 Å². The Morgan fingerprint density at radius 2 is 1.79 bits per heavy atom. The van der Waals surface area contributed by atoms with Gasteiger partial charge in [-0.3, -0.25) is 0 Å². The van der Waals surface area contributed by atoms with Crippen molar-refractivity contribution >= 4 is 27.8 Å². The van der Waals surface area contributed by atoms with E-state index in [4.69, 9.17) is 9.40 Å². The Hall–Kier alpha value is -2.49. The van der Waals surface area contributed by atoms with E-state index in [1.165, 1.54) is 36.9 Å². The van der Waals surface area contributed by atoms with Crippen molar-refractivity contribution in [2.45, 2.75) is 71.5 Å². The van der Waals surface area contributed by atoms with Crippen LogP contribution in [0.15, 0.2) is 41.1 Å². The minimum atomic E-state index is 0.305. The minimum Gasteiger partial charge on any atom is -0.435 e. The number of hydrogen-bond donors (Lipinski definition) is 0. The number of hydrogen-bond acceptors (Lipinski definition) is 4. The number of aryl methyl sites for hydroxylation is 1. The average Bonchev–Trinajstić information content (AvgIpc) is 3.39. The Morgan fingerprint density at radius 1 is 1.04 bits per heavy atom. The van der Waals surface area contributed by atoms with Gasteiger partial charge in [0, 0.05) is 34.9 Å². The average molecular weight is 376 g/mol. The molecule has 0 unspecified atom stereocenters. The van der Waals surface area contributed by atoms with Crippen LogP contribution in [0.4, 0.5) is 5.69 Å². The first-order chi connectivity index (χ1) is 13.5. The fourth-order valence-electron chi connectivity index (χ4n) is 4.89. The van der Waals surface area contributed by atoms with Crippen molar-refractivity contribution in [1.82, 2.24) is 9.88 Å². The molecule has 1 aliphatic heterocycles. The Balaban J connectivity index is 1.62. The Kier molecular flexibility index (Phi) is 4.11. The van der Waals surface area contributed by atoms with Crippen LogP contribution in [0.5, 0.6) is 0 Å². The molecule has 4 heteroatoms. The van der Waals surface area contributed by atoms with E-state index >= 15 is 0 Å². The van der Waals surface area contributed by atoms with Crippen LogP contribution in [0.1, 0.15) is 63.6 Å². The van der Waals surface area contributed by atoms with E-state index in [-0.39, 0.29) is 0 Å². The molecular formula is C24H29N3O. The summed E-state index contributed by atoms with van der Waals surface area (Å²) in [6, 6.07) is 9.34. The van der Waals surface area contributed by atoms with Crippen molar-refractivity contribution in [2.75, 3.05) is 4.90 Å². The summed E-state index contributed by atoms with van der Waals surface area (Å²) in [7, 11) is 0. The van der Waals surface area contributed by atoms with Crippen LogP contribution in [0.3, 0.4) is 0 Å². The summed E-state index contributed by atoms with van der Waals surface area (Å²) in [5.74, 6) is 0.389. The van der Waals surface area contributed by atoms with Gasteiger partial charge in [-0.05, 0) is 50.3 Å². The maximum Gasteiger partial charge on any atom is 0.227 e. The maximum absolute atomic E-state index is 6.37. The molecule has 1 saturated carbocycles. The van der Waals surface area contributed by atoms with Gasteiger partial charge in [-0.2, -0.15) is 0 Å². The summed E-state index contributed by atoms with van der Waals surface area (Å²) in [6.45, 7) is 8.81. The van der Waals surface area contributed by atoms with Crippen molar-refractivity contribution in [3.63, 3.8) is 0 Å². The fourth-order valence-corrected chi connectivity index (χ4v) is 4.89. The van der Waals surface area contributed by atoms with E-state index in [1.807, 2.05) is 0 Å². The molecule has 1 aromatic carbocycles. The van der Waals surface area contributed by atoms with Crippen molar-refractivity contribution in [1.29, 1.82) is 0 Å². The van der Waals surface area contributed by atoms with E-state index in [0.717, 1.165) is 27.8 Å². The van der Waals surface area contributed by atoms with Gasteiger partial charge in [0.2, 0.25) is 5.71 Å². The molecule has 5 rings (SSSR count). The zero-order valence-electron chi connectivity index (χ0n) is 17.3. The standard InChI is InChI=1S/C24H29N3O/c1-15(2)21-12-11-20-19-10-9-16(3)22(23(19)28-24(20)25-21)27-14-13-26(17(27)4)18-7-5-6-8-18/h9-15,17-18H,5-8H2,1-4H3/t17-/m0/s1. The molecule has 1 fully saturated rings. The lowest BCUT2D eigenvalue weighted by molar-refractivity contribution is 0.237. The SMILES string of the molecule is Cc1ccc2c(oc3nc(C(C)C)ccc32)c1N1C=CN(C2CCCC2)[C@@H]1C. The highest BCUT2D eigenvalue weighted by Crippen LogP contribution is 2.40. The number of benzene rings is 1. The molecule has 28 heavy (non-hydrogen) atoms. The second kappa shape index (κ2) is 6.54. The molecule has 146 valence electrons. The second-order valence-electron chi connectivity index (χ2n) is 8.68. The van der Waals surface area contributed by atoms with E-state index < -0.39 is 0 Å². The van der Waals surface area contributed by atoms with Crippen LogP contribution < -0.4 is 4.90 Å². The number of furan rings is 1. The summed E-state index contributed by atoms with van der Waals surface area (Å²) >= 11 is 0. The van der Waals surface area contributed by atoms with Crippen LogP contribution in [0, 0.1) is 6.92 Å². The topological polar surface area (TPSA) is 32.5 Å². The Labute approximate surface area is 166 Å². The molecular weight excluding hydrogens is 346 g/mol. The van der Waals surface area contributed by atoms with Gasteiger partial charge >= 0.3 is 0 Å². The first-order valence-corrected chi connectivity index (χ1v) is 10.6. The molecule has 0 saturated heterocycles. The summed E-state index contributed by atoms with van der Waals surface area (Å²) in [6.07, 6.45) is 10.1. The highest BCUT2D eigenvalue weighted by molar-refractivity contribution is 6.08. The van der Waals surface area contributed by atoms with Gasteiger partial charge in [0.05, 0.1) is 5.69 Å². The maximum atomic E-state index is 6.37. The van der Waals surface area contributed by atoms with Crippen LogP contribution in [0.25, 0.3) is 22.1 Å². The lowest BCUT2D eigenvalue weighted by Gasteiger charge is -2.34. The largest absolute Gasteiger partial charge is 0.435 e. The van der Waals surface area contributed by atoms with Gasteiger partial charge in [0.1, 0.15) is 6.17 Å². The monoisotopic (exact) mass is 375 g/mol. The highest BCUT2D eigenvalue weighted by Gasteiger charge is 2.32. The highest BCUT2D eigenvalue weighted by atomic mass is 16.3. The molecule has 0 radical (unpaired) electrons. The molecule has 1 aliphatic carbocycles. The summed E-state index contributed by atoms with van der Waals surface area (Å²) < 4.78 is 6.37. The molecule has 0 N–H and O–H groups in total. The molecule has 3 aromatic rings. The van der Waals surface area contributed by atoms with Gasteiger partial charge in [-0.25, -0.2) is 4.98 Å². The second-order valence-corrected chi connectivity index (χ2v) is 8.68. The normalized spacial score (nSPS) is 20.5. The van der Waals surface area contributed by atoms with E-state index in [9.17, 15) is 0 Å². The Morgan fingerprint density at radius 3 is 2.54 bits per heavy atom. The van der Waals surface area contributed by atoms with Crippen molar-refractivity contribution in [3.8, 4) is 0 Å². The molecule has 0 spiro atoms. The third kappa shape index (κ3) is 2.61. The molecule has 4 nitrogen and oxygen atoms in total. The van der Waals surface area contributed by atoms with Crippen molar-refractivity contribution < 1.29 is 4.42 Å². The fraction of sp³-hybridized carbons (Fsp3) is 0.458. The number of rotatable bonds is 3. The summed E-state index contributed by atoms with van der Waals surface area (Å²) in [5, 5.41) is 2.25. The molecule has 2 aliphatic rings. The molecule has 0 bridgehead atoms. The number of anilines is 1. The van der Waals surface area contributed by atoms with Crippen LogP contribution in [-0.4, -0.2) is 22.1 Å². The van der Waals surface area contributed by atoms with E-state index in [2.05, 4.69) is 74.2 Å². The van der Waals surface area contributed by atoms with Crippen LogP contribution in [0.2, 0.25) is 0 Å². The lowest BCUT2D eigenvalue weighted by atomic mass is 10.1. The number of aromatic nitrogens is 1. The van der Waals surface area contributed by atoms with Gasteiger partial charge in [0.25, 0.3) is 0 Å². The molecule has 3 heterocycles. The van der Waals surface area contributed by atoms with Crippen LogP contribution in [-0.2, 0) is 0 Å². The van der Waals surface area contributed by atoms with Gasteiger partial charge in [-0.15, -0.1) is 0 Å². The number of fused-ring (bicyclic) bond motifs is 3. The zero-order valence-corrected chi connectivity index (χ0v) is 17.3. The molecule has 1 atom stereocenters. The predicted molar refractivity (Wildman–Crippen MR) is 116 cm³/mol. The Bertz CT molecular complexity index is 1060. The summed E-state index contributed by atoms with van der Waals surface area (Å²) in [4.78, 5) is 9.70. The molecule has 0 amide bonds. The number of pyridine rings is 1. The third-order valence-corrected chi connectivity index (χ3v) is 6.53. The summed E-state index contributed by atoms with van der Waals surface area (Å²) in [5.41, 5.74) is 5.18. The van der Waals surface area contributed by atoms with E-state index in [0.29, 0.717) is 18.1 Å². The molecule has 2 aromatic heterocycles. The zero-order chi connectivity index (χ0) is 19.4. The van der Waals surface area contributed by atoms with Gasteiger partial charge < -0.3 is 14.2 Å². The van der Waals surface area contributed by atoms with Crippen molar-refractivity contribution in [2.24, 2.45) is 0 Å². The van der Waals surface area contributed by atoms with Crippen molar-refractivity contribution in [3.05, 3.63) is 47.9 Å². The first kappa shape index (κ1) is 17.6. The predicted octanol–water partition coefficient (Wildman–Crippen LogP) is 6.29. The first-order valence-electron chi connectivity index (χ1n) is 10.6. The lowest BCUT2D eigenvalue weighted by Crippen LogP contribution is -2.41. The van der Waals surface area contributed by atoms with Crippen LogP contribution >= 0.6 is 0 Å². The quantitative estimate of drug-likeness (QED) is 0.538. The third-order valence-electron chi connectivity index (χ3n) is 6.53. The number of nitrogens with zero attached hydrogens (tertiary/aromatic N) is 3. The van der Waals surface area contributed by atoms with E-state index in [1.54, 1.807) is 0 Å². The minimum absolute atomic E-state index is 0.305.